The second-order valence-electron chi connectivity index (χ2n) is 4.30. The van der Waals surface area contributed by atoms with Crippen LogP contribution in [0.2, 0.25) is 0 Å². The van der Waals surface area contributed by atoms with E-state index >= 15 is 0 Å². The summed E-state index contributed by atoms with van der Waals surface area (Å²) in [5.41, 5.74) is 1.61. The molecule has 1 fully saturated rings. The van der Waals surface area contributed by atoms with Crippen molar-refractivity contribution in [2.45, 2.75) is 25.8 Å². The van der Waals surface area contributed by atoms with Crippen molar-refractivity contribution in [3.05, 3.63) is 23.8 Å². The van der Waals surface area contributed by atoms with Gasteiger partial charge in [-0.05, 0) is 24.6 Å². The van der Waals surface area contributed by atoms with Crippen molar-refractivity contribution >= 4 is 17.5 Å². The molecule has 0 aliphatic carbocycles. The van der Waals surface area contributed by atoms with Gasteiger partial charge in [-0.2, -0.15) is 0 Å². The normalized spacial score (nSPS) is 18.3. The second kappa shape index (κ2) is 5.08. The molecular formula is C13H16N2O3. The number of rotatable bonds is 3. The van der Waals surface area contributed by atoms with Gasteiger partial charge in [0, 0.05) is 24.6 Å². The first kappa shape index (κ1) is 12.4. The molecule has 0 radical (unpaired) electrons. The molecule has 0 aromatic heterocycles. The Hall–Kier alpha value is -2.04. The van der Waals surface area contributed by atoms with Gasteiger partial charge in [0.15, 0.2) is 0 Å². The van der Waals surface area contributed by atoms with E-state index in [2.05, 4.69) is 10.6 Å². The highest BCUT2D eigenvalue weighted by molar-refractivity contribution is 5.89. The number of ether oxygens (including phenoxy) is 1. The minimum absolute atomic E-state index is 0.0406. The molecule has 96 valence electrons. The summed E-state index contributed by atoms with van der Waals surface area (Å²) < 4.78 is 5.29. The number of methoxy groups -OCH3 is 1. The van der Waals surface area contributed by atoms with Crippen LogP contribution in [0.25, 0.3) is 0 Å². The maximum atomic E-state index is 11.3. The number of carbonyl (C=O) groups excluding carboxylic acids is 2. The number of carbonyl (C=O) groups is 2. The Labute approximate surface area is 106 Å². The van der Waals surface area contributed by atoms with Gasteiger partial charge >= 0.3 is 0 Å². The fourth-order valence-corrected chi connectivity index (χ4v) is 2.14. The average Bonchev–Trinajstić information content (AvgIpc) is 2.75. The molecule has 1 heterocycles. The zero-order chi connectivity index (χ0) is 13.1. The zero-order valence-electron chi connectivity index (χ0n) is 10.4. The van der Waals surface area contributed by atoms with Gasteiger partial charge in [0.2, 0.25) is 11.8 Å². The number of benzene rings is 1. The van der Waals surface area contributed by atoms with Gasteiger partial charge < -0.3 is 15.4 Å². The van der Waals surface area contributed by atoms with E-state index < -0.39 is 0 Å². The van der Waals surface area contributed by atoms with Crippen LogP contribution in [-0.4, -0.2) is 18.9 Å². The van der Waals surface area contributed by atoms with Crippen LogP contribution >= 0.6 is 0 Å². The van der Waals surface area contributed by atoms with Crippen molar-refractivity contribution in [2.24, 2.45) is 0 Å². The van der Waals surface area contributed by atoms with Crippen LogP contribution in [0.15, 0.2) is 18.2 Å². The van der Waals surface area contributed by atoms with E-state index in [1.54, 1.807) is 19.2 Å². The van der Waals surface area contributed by atoms with Crippen LogP contribution in [0.4, 0.5) is 5.69 Å². The van der Waals surface area contributed by atoms with E-state index in [0.717, 1.165) is 17.7 Å². The molecule has 2 amide bonds. The topological polar surface area (TPSA) is 67.4 Å². The average molecular weight is 248 g/mol. The Bertz CT molecular complexity index is 485. The molecule has 2 N–H and O–H groups in total. The van der Waals surface area contributed by atoms with Crippen molar-refractivity contribution in [3.63, 3.8) is 0 Å². The van der Waals surface area contributed by atoms with Gasteiger partial charge in [0.25, 0.3) is 0 Å². The van der Waals surface area contributed by atoms with Crippen molar-refractivity contribution in [1.29, 1.82) is 0 Å². The van der Waals surface area contributed by atoms with E-state index in [1.807, 2.05) is 6.07 Å². The Kier molecular flexibility index (Phi) is 3.50. The predicted molar refractivity (Wildman–Crippen MR) is 67.4 cm³/mol. The highest BCUT2D eigenvalue weighted by atomic mass is 16.5. The van der Waals surface area contributed by atoms with Crippen molar-refractivity contribution in [3.8, 4) is 5.75 Å². The van der Waals surface area contributed by atoms with Crippen LogP contribution in [0, 0.1) is 0 Å². The lowest BCUT2D eigenvalue weighted by atomic mass is 10.0. The predicted octanol–water partition coefficient (Wildman–Crippen LogP) is 1.60. The minimum atomic E-state index is -0.124. The van der Waals surface area contributed by atoms with Crippen molar-refractivity contribution in [2.75, 3.05) is 12.4 Å². The number of hydrogen-bond acceptors (Lipinski definition) is 3. The van der Waals surface area contributed by atoms with Gasteiger partial charge in [0.1, 0.15) is 5.75 Å². The molecule has 1 aromatic rings. The number of amides is 2. The summed E-state index contributed by atoms with van der Waals surface area (Å²) in [6.45, 7) is 1.46. The van der Waals surface area contributed by atoms with Gasteiger partial charge in [0.05, 0.1) is 13.2 Å². The van der Waals surface area contributed by atoms with Crippen molar-refractivity contribution in [1.82, 2.24) is 5.32 Å². The second-order valence-corrected chi connectivity index (χ2v) is 4.30. The lowest BCUT2D eigenvalue weighted by Gasteiger charge is -2.16. The van der Waals surface area contributed by atoms with Crippen LogP contribution in [0.1, 0.15) is 31.4 Å². The number of hydrogen-bond donors (Lipinski definition) is 2. The lowest BCUT2D eigenvalue weighted by molar-refractivity contribution is -0.119. The third kappa shape index (κ3) is 2.61. The Morgan fingerprint density at radius 3 is 2.83 bits per heavy atom. The van der Waals surface area contributed by atoms with Gasteiger partial charge in [-0.15, -0.1) is 0 Å². The maximum absolute atomic E-state index is 11.3. The first-order valence-electron chi connectivity index (χ1n) is 5.85. The fourth-order valence-electron chi connectivity index (χ4n) is 2.14. The van der Waals surface area contributed by atoms with Gasteiger partial charge in [-0.3, -0.25) is 9.59 Å². The summed E-state index contributed by atoms with van der Waals surface area (Å²) in [4.78, 5) is 22.3. The Balaban J connectivity index is 2.30. The monoisotopic (exact) mass is 248 g/mol. The highest BCUT2D eigenvalue weighted by Gasteiger charge is 2.25. The Morgan fingerprint density at radius 2 is 2.28 bits per heavy atom. The van der Waals surface area contributed by atoms with E-state index in [9.17, 15) is 9.59 Å². The minimum Gasteiger partial charge on any atom is -0.496 e. The molecule has 1 aliphatic rings. The van der Waals surface area contributed by atoms with Gasteiger partial charge in [-0.1, -0.05) is 0 Å². The molecule has 0 spiro atoms. The number of anilines is 1. The van der Waals surface area contributed by atoms with E-state index in [4.69, 9.17) is 4.74 Å². The molecule has 1 atom stereocenters. The maximum Gasteiger partial charge on any atom is 0.221 e. The largest absolute Gasteiger partial charge is 0.496 e. The smallest absolute Gasteiger partial charge is 0.221 e. The standard InChI is InChI=1S/C13H16N2O3/c1-8(16)14-9-3-5-12(18-2)10(7-9)11-4-6-13(17)15-11/h3,5,7,11H,4,6H2,1-2H3,(H,14,16)(H,15,17)/t11-/m1/s1. The van der Waals surface area contributed by atoms with Crippen molar-refractivity contribution < 1.29 is 14.3 Å². The molecule has 1 aromatic carbocycles. The molecule has 0 unspecified atom stereocenters. The first-order chi connectivity index (χ1) is 8.60. The molecule has 0 saturated carbocycles. The third-order valence-corrected chi connectivity index (χ3v) is 2.92. The summed E-state index contributed by atoms with van der Waals surface area (Å²) in [6.07, 6.45) is 1.27. The Morgan fingerprint density at radius 1 is 1.50 bits per heavy atom. The number of nitrogens with one attached hydrogen (secondary N) is 2. The molecule has 5 nitrogen and oxygen atoms in total. The molecule has 18 heavy (non-hydrogen) atoms. The van der Waals surface area contributed by atoms with E-state index in [-0.39, 0.29) is 17.9 Å². The SMILES string of the molecule is COc1ccc(NC(C)=O)cc1[C@H]1CCC(=O)N1. The molecule has 2 rings (SSSR count). The fraction of sp³-hybridized carbons (Fsp3) is 0.385. The van der Waals surface area contributed by atoms with Crippen LogP contribution in [0.5, 0.6) is 5.75 Å². The van der Waals surface area contributed by atoms with Crippen LogP contribution < -0.4 is 15.4 Å². The lowest BCUT2D eigenvalue weighted by Crippen LogP contribution is -2.19. The summed E-state index contributed by atoms with van der Waals surface area (Å²) in [7, 11) is 1.59. The molecule has 5 heteroatoms. The third-order valence-electron chi connectivity index (χ3n) is 2.92. The molecule has 1 saturated heterocycles. The summed E-state index contributed by atoms with van der Waals surface area (Å²) in [5.74, 6) is 0.643. The summed E-state index contributed by atoms with van der Waals surface area (Å²) in [5, 5.41) is 5.62. The van der Waals surface area contributed by atoms with Crippen LogP contribution in [0.3, 0.4) is 0 Å². The quantitative estimate of drug-likeness (QED) is 0.853. The zero-order valence-corrected chi connectivity index (χ0v) is 10.4. The molecule has 1 aliphatic heterocycles. The first-order valence-corrected chi connectivity index (χ1v) is 5.85. The van der Waals surface area contributed by atoms with Gasteiger partial charge in [-0.25, -0.2) is 0 Å². The molecule has 0 bridgehead atoms. The van der Waals surface area contributed by atoms with E-state index in [1.165, 1.54) is 6.92 Å². The summed E-state index contributed by atoms with van der Waals surface area (Å²) in [6, 6.07) is 5.38. The van der Waals surface area contributed by atoms with E-state index in [0.29, 0.717) is 12.1 Å². The highest BCUT2D eigenvalue weighted by Crippen LogP contribution is 2.33. The van der Waals surface area contributed by atoms with Crippen LogP contribution in [-0.2, 0) is 9.59 Å². The molecular weight excluding hydrogens is 232 g/mol. The summed E-state index contributed by atoms with van der Waals surface area (Å²) >= 11 is 0.